The summed E-state index contributed by atoms with van der Waals surface area (Å²) in [6.07, 6.45) is 6.13. The highest BCUT2D eigenvalue weighted by Gasteiger charge is 2.36. The van der Waals surface area contributed by atoms with Gasteiger partial charge in [0.2, 0.25) is 21.8 Å². The smallest absolute Gasteiger partial charge is 0.325 e. The van der Waals surface area contributed by atoms with Crippen LogP contribution in [0.15, 0.2) is 52.5 Å². The molecule has 0 spiro atoms. The van der Waals surface area contributed by atoms with E-state index in [1.807, 2.05) is 23.1 Å². The van der Waals surface area contributed by atoms with Crippen molar-refractivity contribution in [3.05, 3.63) is 42.5 Å². The zero-order chi connectivity index (χ0) is 30.8. The number of esters is 1. The quantitative estimate of drug-likeness (QED) is 0.0978. The van der Waals surface area contributed by atoms with Gasteiger partial charge < -0.3 is 25.7 Å². The average Bonchev–Trinajstić information content (AvgIpc) is 3.53. The van der Waals surface area contributed by atoms with Gasteiger partial charge in [-0.05, 0) is 61.4 Å². The molecule has 2 aromatic carbocycles. The fraction of sp³-hybridized carbons (Fsp3) is 0.533. The van der Waals surface area contributed by atoms with Crippen molar-refractivity contribution in [1.29, 1.82) is 0 Å². The van der Waals surface area contributed by atoms with Gasteiger partial charge in [0.15, 0.2) is 0 Å². The normalized spacial score (nSPS) is 18.1. The first-order valence-corrected chi connectivity index (χ1v) is 16.4. The minimum Gasteiger partial charge on any atom is -0.465 e. The predicted molar refractivity (Wildman–Crippen MR) is 171 cm³/mol. The van der Waals surface area contributed by atoms with Gasteiger partial charge in [-0.15, -0.1) is 12.4 Å². The number of sulfonamides is 1. The van der Waals surface area contributed by atoms with Gasteiger partial charge >= 0.3 is 5.97 Å². The molecule has 44 heavy (non-hydrogen) atoms. The fourth-order valence-corrected chi connectivity index (χ4v) is 7.12. The summed E-state index contributed by atoms with van der Waals surface area (Å²) in [5, 5.41) is 8.05. The number of hydrogen-bond donors (Lipinski definition) is 3. The summed E-state index contributed by atoms with van der Waals surface area (Å²) in [5.41, 5.74) is 0. The van der Waals surface area contributed by atoms with Crippen LogP contribution in [0.3, 0.4) is 0 Å². The molecule has 4 N–H and O–H groups in total. The molecule has 2 fully saturated rings. The third-order valence-electron chi connectivity index (χ3n) is 8.04. The highest BCUT2D eigenvalue weighted by molar-refractivity contribution is 7.89. The second kappa shape index (κ2) is 16.6. The van der Waals surface area contributed by atoms with Crippen LogP contribution in [0.5, 0.6) is 0 Å². The van der Waals surface area contributed by atoms with E-state index in [1.165, 1.54) is 17.0 Å². The highest BCUT2D eigenvalue weighted by atomic mass is 35.5. The number of rotatable bonds is 13. The fourth-order valence-electron chi connectivity index (χ4n) is 5.90. The Bertz CT molecular complexity index is 1420. The van der Waals surface area contributed by atoms with Gasteiger partial charge in [0.1, 0.15) is 18.9 Å². The molecule has 2 amide bonds. The lowest BCUT2D eigenvalue weighted by atomic mass is 9.98. The summed E-state index contributed by atoms with van der Waals surface area (Å²) >= 11 is 0. The summed E-state index contributed by atoms with van der Waals surface area (Å²) in [7, 11) is -4.21. The first kappa shape index (κ1) is 35.1. The molecule has 1 heterocycles. The lowest BCUT2D eigenvalue weighted by molar-refractivity contribution is -0.151. The number of piperidine rings is 1. The van der Waals surface area contributed by atoms with Crippen LogP contribution in [0.1, 0.15) is 51.9 Å². The number of fused-ring (bicyclic) bond motifs is 1. The molecule has 2 atom stereocenters. The number of likely N-dealkylation sites (tertiary alicyclic amines) is 1. The lowest BCUT2D eigenvalue weighted by Gasteiger charge is -2.32. The Balaban J connectivity index is 0.00000529. The summed E-state index contributed by atoms with van der Waals surface area (Å²) in [4.78, 5) is 43.1. The van der Waals surface area contributed by atoms with E-state index in [0.29, 0.717) is 25.9 Å². The molecule has 14 heteroatoms. The predicted octanol–water partition coefficient (Wildman–Crippen LogP) is 2.36. The summed E-state index contributed by atoms with van der Waals surface area (Å²) in [6, 6.07) is 10.4. The van der Waals surface area contributed by atoms with Crippen LogP contribution in [0.25, 0.3) is 10.8 Å². The summed E-state index contributed by atoms with van der Waals surface area (Å²) < 4.78 is 34.8. The Hall–Kier alpha value is -3.42. The first-order valence-electron chi connectivity index (χ1n) is 14.9. The van der Waals surface area contributed by atoms with E-state index >= 15 is 0 Å². The van der Waals surface area contributed by atoms with E-state index in [0.717, 1.165) is 43.0 Å². The van der Waals surface area contributed by atoms with Crippen molar-refractivity contribution >= 4 is 57.3 Å². The zero-order valence-electron chi connectivity index (χ0n) is 25.0. The summed E-state index contributed by atoms with van der Waals surface area (Å²) in [5.74, 6) is 3.77. The maximum atomic E-state index is 14.0. The van der Waals surface area contributed by atoms with E-state index in [2.05, 4.69) is 15.1 Å². The Morgan fingerprint density at radius 3 is 2.55 bits per heavy atom. The number of hydrogen-bond acceptors (Lipinski definition) is 8. The average molecular weight is 651 g/mol. The summed E-state index contributed by atoms with van der Waals surface area (Å²) in [6.45, 7) is 3.39. The number of benzene rings is 2. The lowest BCUT2D eigenvalue weighted by Crippen LogP contribution is -2.54. The molecule has 1 aliphatic heterocycles. The largest absolute Gasteiger partial charge is 0.465 e. The van der Waals surface area contributed by atoms with Crippen molar-refractivity contribution in [2.45, 2.75) is 68.8 Å². The minimum atomic E-state index is -4.21. The molecule has 2 aliphatic rings. The van der Waals surface area contributed by atoms with Crippen molar-refractivity contribution in [3.8, 4) is 0 Å². The monoisotopic (exact) mass is 650 g/mol. The van der Waals surface area contributed by atoms with E-state index in [1.54, 1.807) is 25.4 Å². The van der Waals surface area contributed by atoms with E-state index in [4.69, 9.17) is 10.6 Å². The number of nitrogens with zero attached hydrogens (tertiary/aromatic N) is 3. The Labute approximate surface area is 265 Å². The molecular weight excluding hydrogens is 608 g/mol. The van der Waals surface area contributed by atoms with Crippen LogP contribution in [-0.2, 0) is 29.1 Å². The van der Waals surface area contributed by atoms with E-state index in [-0.39, 0.29) is 42.4 Å². The second-order valence-electron chi connectivity index (χ2n) is 11.2. The van der Waals surface area contributed by atoms with Gasteiger partial charge in [0.25, 0.3) is 0 Å². The first-order chi connectivity index (χ1) is 20.7. The third-order valence-corrected chi connectivity index (χ3v) is 9.51. The molecule has 0 unspecified atom stereocenters. The van der Waals surface area contributed by atoms with Gasteiger partial charge in [-0.2, -0.15) is 9.82 Å². The molecule has 2 aromatic rings. The van der Waals surface area contributed by atoms with Crippen LogP contribution in [0.4, 0.5) is 0 Å². The van der Waals surface area contributed by atoms with Gasteiger partial charge in [0.05, 0.1) is 17.9 Å². The Kier molecular flexibility index (Phi) is 13.2. The van der Waals surface area contributed by atoms with Gasteiger partial charge in [-0.25, -0.2) is 8.42 Å². The van der Waals surface area contributed by atoms with Crippen LogP contribution in [0, 0.1) is 5.92 Å². The maximum absolute atomic E-state index is 14.0. The maximum Gasteiger partial charge on any atom is 0.325 e. The molecule has 0 radical (unpaired) electrons. The molecule has 1 saturated heterocycles. The SMILES string of the molecule is CCOC(=O)CN(C(=O)[C@H](CC(=O)NC[C@@H]1CCCN(C=NN)C1)NS(=O)(=O)c1ccc2ccccc2c1)C1CCCC1.Cl. The zero-order valence-corrected chi connectivity index (χ0v) is 26.7. The van der Waals surface area contributed by atoms with E-state index in [9.17, 15) is 22.8 Å². The standard InChI is InChI=1S/C30H42N6O6S.ClH/c1-2-42-29(38)20-36(25-11-5-6-12-25)30(39)27(17-28(37)32-18-22-8-7-15-35(19-22)21-33-31)34-43(40,41)26-14-13-23-9-3-4-10-24(23)16-26;/h3-4,9-10,13-14,16,21-22,25,27,34H,2,5-8,11-12,15,17-20,31H2,1H3,(H,32,37);1H/t22-,27-;/m0./s1. The van der Waals surface area contributed by atoms with Gasteiger partial charge in [-0.1, -0.05) is 43.2 Å². The highest BCUT2D eigenvalue weighted by Crippen LogP contribution is 2.25. The molecule has 1 saturated carbocycles. The van der Waals surface area contributed by atoms with Crippen molar-refractivity contribution in [2.75, 3.05) is 32.8 Å². The number of hydrazone groups is 1. The Morgan fingerprint density at radius 2 is 1.84 bits per heavy atom. The minimum absolute atomic E-state index is 0. The molecule has 0 bridgehead atoms. The topological polar surface area (TPSA) is 163 Å². The number of nitrogens with one attached hydrogen (secondary N) is 2. The van der Waals surface area contributed by atoms with Crippen LogP contribution < -0.4 is 15.9 Å². The number of amides is 2. The van der Waals surface area contributed by atoms with Crippen LogP contribution in [-0.4, -0.2) is 87.2 Å². The van der Waals surface area contributed by atoms with Crippen molar-refractivity contribution in [1.82, 2.24) is 19.8 Å². The third kappa shape index (κ3) is 9.54. The van der Waals surface area contributed by atoms with Crippen molar-refractivity contribution < 1.29 is 27.5 Å². The molecule has 242 valence electrons. The number of carbonyl (C=O) groups is 3. The number of carbonyl (C=O) groups excluding carboxylic acids is 3. The number of nitrogens with two attached hydrogens (primary N) is 1. The van der Waals surface area contributed by atoms with Crippen LogP contribution in [0.2, 0.25) is 0 Å². The molecule has 1 aliphatic carbocycles. The van der Waals surface area contributed by atoms with Crippen molar-refractivity contribution in [3.63, 3.8) is 0 Å². The van der Waals surface area contributed by atoms with Crippen molar-refractivity contribution in [2.24, 2.45) is 16.9 Å². The number of halogens is 1. The molecule has 12 nitrogen and oxygen atoms in total. The molecule has 0 aromatic heterocycles. The van der Waals surface area contributed by atoms with Crippen LogP contribution >= 0.6 is 12.4 Å². The second-order valence-corrected chi connectivity index (χ2v) is 12.9. The van der Waals surface area contributed by atoms with Gasteiger partial charge in [0, 0.05) is 25.7 Å². The molecule has 4 rings (SSSR count). The molecular formula is C30H43ClN6O6S. The van der Waals surface area contributed by atoms with E-state index < -0.39 is 40.3 Å². The Morgan fingerprint density at radius 1 is 1.11 bits per heavy atom. The number of ether oxygens (including phenoxy) is 1. The van der Waals surface area contributed by atoms with Gasteiger partial charge in [-0.3, -0.25) is 14.4 Å².